The molecular weight excluding hydrogens is 330 g/mol. The average Bonchev–Trinajstić information content (AvgIpc) is 3.01. The van der Waals surface area contributed by atoms with Crippen molar-refractivity contribution in [2.24, 2.45) is 7.05 Å². The Morgan fingerprint density at radius 1 is 1.27 bits per heavy atom. The van der Waals surface area contributed by atoms with Gasteiger partial charge in [0.05, 0.1) is 30.1 Å². The van der Waals surface area contributed by atoms with Crippen LogP contribution >= 0.6 is 0 Å². The summed E-state index contributed by atoms with van der Waals surface area (Å²) in [7, 11) is 1.90. The number of hydrogen-bond donors (Lipinski definition) is 2. The van der Waals surface area contributed by atoms with Gasteiger partial charge >= 0.3 is 6.03 Å². The van der Waals surface area contributed by atoms with E-state index in [0.29, 0.717) is 19.0 Å². The van der Waals surface area contributed by atoms with E-state index >= 15 is 0 Å². The van der Waals surface area contributed by atoms with Gasteiger partial charge in [-0.15, -0.1) is 0 Å². The molecule has 3 heterocycles. The van der Waals surface area contributed by atoms with E-state index < -0.39 is 0 Å². The maximum absolute atomic E-state index is 12.5. The van der Waals surface area contributed by atoms with Crippen LogP contribution in [0.3, 0.4) is 0 Å². The molecule has 2 aromatic heterocycles. The van der Waals surface area contributed by atoms with Crippen LogP contribution in [0.2, 0.25) is 0 Å². The summed E-state index contributed by atoms with van der Waals surface area (Å²) in [6.07, 6.45) is 3.41. The first-order valence-electron chi connectivity index (χ1n) is 8.72. The van der Waals surface area contributed by atoms with E-state index in [1.165, 1.54) is 0 Å². The van der Waals surface area contributed by atoms with Crippen LogP contribution in [0.15, 0.2) is 42.6 Å². The second-order valence-electron chi connectivity index (χ2n) is 6.40. The van der Waals surface area contributed by atoms with Crippen molar-refractivity contribution in [2.75, 3.05) is 18.5 Å². The van der Waals surface area contributed by atoms with E-state index in [4.69, 9.17) is 4.74 Å². The van der Waals surface area contributed by atoms with Crippen molar-refractivity contribution in [2.45, 2.75) is 18.9 Å². The molecule has 4 rings (SSSR count). The first kappa shape index (κ1) is 16.5. The first-order chi connectivity index (χ1) is 12.7. The van der Waals surface area contributed by atoms with Crippen LogP contribution in [0, 0.1) is 0 Å². The summed E-state index contributed by atoms with van der Waals surface area (Å²) in [6.45, 7) is 1.04. The van der Waals surface area contributed by atoms with E-state index in [-0.39, 0.29) is 12.1 Å². The zero-order valence-electron chi connectivity index (χ0n) is 14.6. The molecule has 134 valence electrons. The number of pyridine rings is 1. The fraction of sp³-hybridized carbons (Fsp3) is 0.316. The number of carbonyl (C=O) groups is 1. The normalized spacial score (nSPS) is 18.5. The second-order valence-corrected chi connectivity index (χ2v) is 6.40. The number of amides is 2. The molecule has 1 aliphatic heterocycles. The van der Waals surface area contributed by atoms with Crippen molar-refractivity contribution in [3.63, 3.8) is 0 Å². The van der Waals surface area contributed by atoms with Gasteiger partial charge in [-0.2, -0.15) is 5.10 Å². The number of benzene rings is 1. The molecule has 2 amide bonds. The molecule has 3 aromatic rings. The molecule has 0 spiro atoms. The molecule has 1 aromatic carbocycles. The Balaban J connectivity index is 1.64. The largest absolute Gasteiger partial charge is 0.379 e. The predicted molar refractivity (Wildman–Crippen MR) is 99.0 cm³/mol. The summed E-state index contributed by atoms with van der Waals surface area (Å²) in [6, 6.07) is 11.2. The molecule has 1 aliphatic rings. The minimum Gasteiger partial charge on any atom is -0.379 e. The van der Waals surface area contributed by atoms with Crippen LogP contribution in [-0.2, 0) is 18.2 Å². The van der Waals surface area contributed by atoms with Crippen LogP contribution in [0.4, 0.5) is 10.6 Å². The number of nitrogens with zero attached hydrogens (tertiary/aromatic N) is 3. The predicted octanol–water partition coefficient (Wildman–Crippen LogP) is 2.79. The van der Waals surface area contributed by atoms with Gasteiger partial charge in [0.2, 0.25) is 0 Å². The van der Waals surface area contributed by atoms with Crippen LogP contribution in [-0.4, -0.2) is 34.0 Å². The smallest absolute Gasteiger partial charge is 0.320 e. The number of carbonyl (C=O) groups excluding carboxylic acids is 1. The van der Waals surface area contributed by atoms with Crippen LogP contribution in [0.5, 0.6) is 0 Å². The summed E-state index contributed by atoms with van der Waals surface area (Å²) in [5.74, 6) is 0.534. The zero-order chi connectivity index (χ0) is 17.9. The Hall–Kier alpha value is -2.93. The average molecular weight is 351 g/mol. The van der Waals surface area contributed by atoms with Gasteiger partial charge in [-0.3, -0.25) is 10.00 Å². The monoisotopic (exact) mass is 351 g/mol. The summed E-state index contributed by atoms with van der Waals surface area (Å²) < 4.78 is 7.64. The van der Waals surface area contributed by atoms with Crippen molar-refractivity contribution < 1.29 is 9.53 Å². The Bertz CT molecular complexity index is 922. The number of hydrogen-bond acceptors (Lipinski definition) is 4. The molecule has 2 N–H and O–H groups in total. The second kappa shape index (κ2) is 7.13. The van der Waals surface area contributed by atoms with Gasteiger partial charge in [0.25, 0.3) is 0 Å². The zero-order valence-corrected chi connectivity index (χ0v) is 14.6. The molecule has 1 unspecified atom stereocenters. The number of urea groups is 1. The van der Waals surface area contributed by atoms with Crippen molar-refractivity contribution in [1.82, 2.24) is 20.1 Å². The van der Waals surface area contributed by atoms with Crippen molar-refractivity contribution in [3.8, 4) is 0 Å². The third-order valence-electron chi connectivity index (χ3n) is 4.52. The first-order valence-corrected chi connectivity index (χ1v) is 8.72. The number of anilines is 1. The van der Waals surface area contributed by atoms with E-state index in [2.05, 4.69) is 20.7 Å². The molecule has 0 saturated carbocycles. The van der Waals surface area contributed by atoms with E-state index in [1.54, 1.807) is 6.20 Å². The number of aromatic nitrogens is 3. The fourth-order valence-electron chi connectivity index (χ4n) is 3.29. The number of fused-ring (bicyclic) bond motifs is 4. The third-order valence-corrected chi connectivity index (χ3v) is 4.52. The van der Waals surface area contributed by atoms with Crippen molar-refractivity contribution in [1.29, 1.82) is 0 Å². The van der Waals surface area contributed by atoms with E-state index in [1.807, 2.05) is 48.1 Å². The quantitative estimate of drug-likeness (QED) is 0.706. The highest BCUT2D eigenvalue weighted by Gasteiger charge is 2.18. The molecule has 0 saturated heterocycles. The summed E-state index contributed by atoms with van der Waals surface area (Å²) >= 11 is 0. The number of ether oxygens (including phenoxy) is 1. The lowest BCUT2D eigenvalue weighted by molar-refractivity contribution is 0.111. The Morgan fingerprint density at radius 3 is 2.96 bits per heavy atom. The lowest BCUT2D eigenvalue weighted by Crippen LogP contribution is -2.35. The van der Waals surface area contributed by atoms with Gasteiger partial charge in [0.15, 0.2) is 0 Å². The van der Waals surface area contributed by atoms with Gasteiger partial charge in [-0.25, -0.2) is 9.78 Å². The van der Waals surface area contributed by atoms with E-state index in [9.17, 15) is 4.79 Å². The minimum atomic E-state index is -0.301. The molecule has 26 heavy (non-hydrogen) atoms. The third kappa shape index (κ3) is 3.39. The molecule has 0 radical (unpaired) electrons. The highest BCUT2D eigenvalue weighted by atomic mass is 16.5. The maximum Gasteiger partial charge on any atom is 0.320 e. The Kier molecular flexibility index (Phi) is 4.53. The highest BCUT2D eigenvalue weighted by molar-refractivity contribution is 5.92. The lowest BCUT2D eigenvalue weighted by Gasteiger charge is -2.20. The van der Waals surface area contributed by atoms with Crippen molar-refractivity contribution in [3.05, 3.63) is 53.9 Å². The van der Waals surface area contributed by atoms with Crippen LogP contribution in [0.1, 0.15) is 23.7 Å². The fourth-order valence-corrected chi connectivity index (χ4v) is 3.29. The van der Waals surface area contributed by atoms with Gasteiger partial charge in [-0.1, -0.05) is 30.3 Å². The minimum absolute atomic E-state index is 0.211. The molecule has 2 bridgehead atoms. The van der Waals surface area contributed by atoms with Crippen LogP contribution < -0.4 is 10.6 Å². The summed E-state index contributed by atoms with van der Waals surface area (Å²) in [5.41, 5.74) is 2.92. The van der Waals surface area contributed by atoms with Gasteiger partial charge < -0.3 is 10.1 Å². The maximum atomic E-state index is 12.5. The molecule has 7 nitrogen and oxygen atoms in total. The van der Waals surface area contributed by atoms with E-state index in [0.717, 1.165) is 35.0 Å². The molecule has 0 fully saturated rings. The molecule has 7 heteroatoms. The van der Waals surface area contributed by atoms with Crippen LogP contribution in [0.25, 0.3) is 10.9 Å². The molecular formula is C19H21N5O2. The summed E-state index contributed by atoms with van der Waals surface area (Å²) in [5, 5.41) is 11.1. The molecule has 0 aliphatic carbocycles. The number of rotatable bonds is 1. The topological polar surface area (TPSA) is 81.1 Å². The SMILES string of the molecule is Cn1ncc2cc3nc(c21)CCCOCC(c1ccccc1)NC(=O)N3. The Labute approximate surface area is 151 Å². The van der Waals surface area contributed by atoms with Gasteiger partial charge in [0.1, 0.15) is 5.82 Å². The van der Waals surface area contributed by atoms with Gasteiger partial charge in [0, 0.05) is 19.0 Å². The number of nitrogens with one attached hydrogen (secondary N) is 2. The van der Waals surface area contributed by atoms with Gasteiger partial charge in [-0.05, 0) is 24.5 Å². The lowest BCUT2D eigenvalue weighted by atomic mass is 10.1. The Morgan fingerprint density at radius 2 is 2.12 bits per heavy atom. The standard InChI is InChI=1S/C19H21N5O2/c1-24-18-14(11-20-24)10-17-21-15(18)8-5-9-26-12-16(22-19(25)23-17)13-6-3-2-4-7-13/h2-4,6-7,10-11,16H,5,8-9,12H2,1H3,(H2,21,22,23,25). The summed E-state index contributed by atoms with van der Waals surface area (Å²) in [4.78, 5) is 17.1. The number of aryl methyl sites for hydroxylation is 2. The highest BCUT2D eigenvalue weighted by Crippen LogP contribution is 2.22. The molecule has 1 atom stereocenters. The van der Waals surface area contributed by atoms with Crippen molar-refractivity contribution >= 4 is 22.8 Å².